The smallest absolute Gasteiger partial charge is 0.262 e. The first-order chi connectivity index (χ1) is 13.0. The Hall–Kier alpha value is -1.57. The molecule has 0 spiro atoms. The molecule has 0 saturated carbocycles. The monoisotopic (exact) mass is 452 g/mol. The Morgan fingerprint density at radius 1 is 1.26 bits per heavy atom. The van der Waals surface area contributed by atoms with Crippen molar-refractivity contribution in [3.63, 3.8) is 0 Å². The van der Waals surface area contributed by atoms with E-state index in [9.17, 15) is 9.18 Å². The summed E-state index contributed by atoms with van der Waals surface area (Å²) in [5, 5.41) is 2.83. The van der Waals surface area contributed by atoms with Crippen LogP contribution in [0.2, 0.25) is 0 Å². The molecule has 1 heterocycles. The van der Waals surface area contributed by atoms with Crippen molar-refractivity contribution in [3.05, 3.63) is 57.8 Å². The van der Waals surface area contributed by atoms with E-state index in [1.165, 1.54) is 29.2 Å². The Labute approximate surface area is 171 Å². The minimum Gasteiger partial charge on any atom is -0.481 e. The Morgan fingerprint density at radius 2 is 2.04 bits per heavy atom. The van der Waals surface area contributed by atoms with Gasteiger partial charge in [0.05, 0.1) is 0 Å². The first-order valence-electron chi connectivity index (χ1n) is 8.78. The summed E-state index contributed by atoms with van der Waals surface area (Å²) in [5.41, 5.74) is 2.99. The third-order valence-corrected chi connectivity index (χ3v) is 5.76. The van der Waals surface area contributed by atoms with Gasteiger partial charge in [-0.15, -0.1) is 0 Å². The summed E-state index contributed by atoms with van der Waals surface area (Å²) in [6, 6.07) is 10.5. The van der Waals surface area contributed by atoms with Gasteiger partial charge in [-0.05, 0) is 42.3 Å². The Balaban J connectivity index is 1.54. The summed E-state index contributed by atoms with van der Waals surface area (Å²) in [7, 11) is 0. The van der Waals surface area contributed by atoms with E-state index in [1.807, 2.05) is 30.8 Å². The fourth-order valence-electron chi connectivity index (χ4n) is 2.90. The number of hydrogen-bond acceptors (Lipinski definition) is 4. The van der Waals surface area contributed by atoms with E-state index in [-0.39, 0.29) is 18.3 Å². The molecule has 0 aliphatic carbocycles. The molecule has 27 heavy (non-hydrogen) atoms. The van der Waals surface area contributed by atoms with E-state index in [1.54, 1.807) is 6.07 Å². The molecule has 1 fully saturated rings. The molecule has 1 saturated heterocycles. The first kappa shape index (κ1) is 20.2. The number of aryl methyl sites for hydroxylation is 1. The van der Waals surface area contributed by atoms with E-state index in [0.717, 1.165) is 30.9 Å². The summed E-state index contributed by atoms with van der Waals surface area (Å²) in [5.74, 6) is 1.60. The number of anilines is 1. The number of carbonyl (C=O) groups is 1. The largest absolute Gasteiger partial charge is 0.481 e. The van der Waals surface area contributed by atoms with Gasteiger partial charge < -0.3 is 10.1 Å². The van der Waals surface area contributed by atoms with Crippen molar-refractivity contribution < 1.29 is 13.9 Å². The second kappa shape index (κ2) is 9.57. The van der Waals surface area contributed by atoms with Gasteiger partial charge in [-0.25, -0.2) is 4.39 Å². The average Bonchev–Trinajstić information content (AvgIpc) is 2.64. The molecule has 1 aliphatic heterocycles. The molecular weight excluding hydrogens is 431 g/mol. The maximum atomic E-state index is 13.7. The number of carbonyl (C=O) groups excluding carboxylic acids is 1. The van der Waals surface area contributed by atoms with Crippen molar-refractivity contribution >= 4 is 39.3 Å². The van der Waals surface area contributed by atoms with Gasteiger partial charge in [-0.3, -0.25) is 9.69 Å². The highest BCUT2D eigenvalue weighted by atomic mass is 79.9. The number of hydrogen-bond donors (Lipinski definition) is 1. The fraction of sp³-hybridized carbons (Fsp3) is 0.350. The molecule has 0 radical (unpaired) electrons. The van der Waals surface area contributed by atoms with Crippen LogP contribution in [0.3, 0.4) is 0 Å². The maximum Gasteiger partial charge on any atom is 0.262 e. The number of nitrogens with one attached hydrogen (secondary N) is 1. The number of halogens is 2. The zero-order valence-corrected chi connectivity index (χ0v) is 17.5. The van der Waals surface area contributed by atoms with Crippen LogP contribution < -0.4 is 10.1 Å². The van der Waals surface area contributed by atoms with Gasteiger partial charge in [0, 0.05) is 41.3 Å². The second-order valence-electron chi connectivity index (χ2n) is 6.45. The van der Waals surface area contributed by atoms with E-state index in [0.29, 0.717) is 4.47 Å². The lowest BCUT2D eigenvalue weighted by molar-refractivity contribution is -0.118. The lowest BCUT2D eigenvalue weighted by Crippen LogP contribution is -2.32. The van der Waals surface area contributed by atoms with Gasteiger partial charge in [0.2, 0.25) is 0 Å². The van der Waals surface area contributed by atoms with Crippen LogP contribution in [0, 0.1) is 12.7 Å². The Morgan fingerprint density at radius 3 is 2.74 bits per heavy atom. The molecule has 0 atom stereocenters. The van der Waals surface area contributed by atoms with E-state index >= 15 is 0 Å². The van der Waals surface area contributed by atoms with Crippen LogP contribution in [0.25, 0.3) is 0 Å². The molecule has 2 aromatic rings. The zero-order chi connectivity index (χ0) is 19.2. The van der Waals surface area contributed by atoms with E-state index in [2.05, 4.69) is 32.2 Å². The average molecular weight is 453 g/mol. The van der Waals surface area contributed by atoms with E-state index in [4.69, 9.17) is 4.74 Å². The normalized spacial score (nSPS) is 14.8. The topological polar surface area (TPSA) is 41.6 Å². The van der Waals surface area contributed by atoms with Crippen molar-refractivity contribution in [1.82, 2.24) is 4.90 Å². The molecule has 0 bridgehead atoms. The summed E-state index contributed by atoms with van der Waals surface area (Å²) in [4.78, 5) is 14.6. The van der Waals surface area contributed by atoms with Crippen LogP contribution >= 0.6 is 27.7 Å². The quantitative estimate of drug-likeness (QED) is 0.701. The number of nitrogens with zero attached hydrogens (tertiary/aromatic N) is 1. The predicted molar refractivity (Wildman–Crippen MR) is 112 cm³/mol. The standard InChI is InChI=1S/C20H22BrFN2O2S/c1-14-10-15(12-24-6-8-27-9-7-24)2-4-18(14)23-20(25)13-26-19-5-3-16(21)11-17(19)22/h2-5,10-11H,6-9,12-13H2,1H3,(H,23,25). The van der Waals surface area contributed by atoms with Crippen molar-refractivity contribution in [2.75, 3.05) is 36.5 Å². The molecule has 1 aliphatic rings. The molecule has 3 rings (SSSR count). The van der Waals surface area contributed by atoms with Crippen molar-refractivity contribution in [1.29, 1.82) is 0 Å². The molecule has 1 amide bonds. The number of benzene rings is 2. The van der Waals surface area contributed by atoms with Crippen LogP contribution in [0.15, 0.2) is 40.9 Å². The van der Waals surface area contributed by atoms with Gasteiger partial charge in [-0.1, -0.05) is 28.1 Å². The van der Waals surface area contributed by atoms with Crippen LogP contribution in [-0.2, 0) is 11.3 Å². The third kappa shape index (κ3) is 5.96. The number of ether oxygens (including phenoxy) is 1. The molecule has 144 valence electrons. The second-order valence-corrected chi connectivity index (χ2v) is 8.59. The minimum absolute atomic E-state index is 0.0557. The summed E-state index contributed by atoms with van der Waals surface area (Å²) in [6.07, 6.45) is 0. The van der Waals surface area contributed by atoms with Gasteiger partial charge >= 0.3 is 0 Å². The van der Waals surface area contributed by atoms with Gasteiger partial charge in [0.25, 0.3) is 5.91 Å². The van der Waals surface area contributed by atoms with Crippen LogP contribution in [-0.4, -0.2) is 42.0 Å². The summed E-state index contributed by atoms with van der Waals surface area (Å²) < 4.78 is 19.6. The molecule has 0 unspecified atom stereocenters. The Bertz CT molecular complexity index is 813. The van der Waals surface area contributed by atoms with Gasteiger partial charge in [0.15, 0.2) is 18.2 Å². The summed E-state index contributed by atoms with van der Waals surface area (Å²) >= 11 is 5.19. The molecule has 0 aromatic heterocycles. The third-order valence-electron chi connectivity index (χ3n) is 4.33. The van der Waals surface area contributed by atoms with Gasteiger partial charge in [-0.2, -0.15) is 11.8 Å². The molecule has 1 N–H and O–H groups in total. The maximum absolute atomic E-state index is 13.7. The van der Waals surface area contributed by atoms with Crippen molar-refractivity contribution in [3.8, 4) is 5.75 Å². The van der Waals surface area contributed by atoms with Crippen LogP contribution in [0.5, 0.6) is 5.75 Å². The predicted octanol–water partition coefficient (Wildman–Crippen LogP) is 4.46. The minimum atomic E-state index is -0.506. The SMILES string of the molecule is Cc1cc(CN2CCSCC2)ccc1NC(=O)COc1ccc(Br)cc1F. The Kier molecular flexibility index (Phi) is 7.15. The zero-order valence-electron chi connectivity index (χ0n) is 15.1. The highest BCUT2D eigenvalue weighted by Crippen LogP contribution is 2.22. The van der Waals surface area contributed by atoms with E-state index < -0.39 is 5.82 Å². The van der Waals surface area contributed by atoms with Crippen molar-refractivity contribution in [2.45, 2.75) is 13.5 Å². The van der Waals surface area contributed by atoms with Gasteiger partial charge in [0.1, 0.15) is 0 Å². The molecular formula is C20H22BrFN2O2S. The molecule has 4 nitrogen and oxygen atoms in total. The molecule has 7 heteroatoms. The van der Waals surface area contributed by atoms with Crippen LogP contribution in [0.4, 0.5) is 10.1 Å². The fourth-order valence-corrected chi connectivity index (χ4v) is 4.22. The number of amides is 1. The highest BCUT2D eigenvalue weighted by molar-refractivity contribution is 9.10. The first-order valence-corrected chi connectivity index (χ1v) is 10.7. The highest BCUT2D eigenvalue weighted by Gasteiger charge is 2.12. The number of thioether (sulfide) groups is 1. The number of rotatable bonds is 6. The summed E-state index contributed by atoms with van der Waals surface area (Å²) in [6.45, 7) is 4.89. The lowest BCUT2D eigenvalue weighted by atomic mass is 10.1. The van der Waals surface area contributed by atoms with Crippen LogP contribution in [0.1, 0.15) is 11.1 Å². The molecule has 2 aromatic carbocycles. The van der Waals surface area contributed by atoms with Crippen molar-refractivity contribution in [2.24, 2.45) is 0 Å². The lowest BCUT2D eigenvalue weighted by Gasteiger charge is -2.26.